The number of methoxy groups -OCH3 is 2. The van der Waals surface area contributed by atoms with Gasteiger partial charge in [0.2, 0.25) is 5.75 Å². The lowest BCUT2D eigenvalue weighted by Crippen LogP contribution is -2.11. The molecule has 1 unspecified atom stereocenters. The van der Waals surface area contributed by atoms with Crippen molar-refractivity contribution >= 4 is 6.08 Å². The first kappa shape index (κ1) is 22.8. The first-order valence-electron chi connectivity index (χ1n) is 8.74. The highest BCUT2D eigenvalue weighted by atomic mass is 17.1. The van der Waals surface area contributed by atoms with E-state index in [1.165, 1.54) is 0 Å². The van der Waals surface area contributed by atoms with E-state index in [0.29, 0.717) is 30.3 Å². The molecule has 27 heavy (non-hydrogen) atoms. The van der Waals surface area contributed by atoms with E-state index >= 15 is 0 Å². The fourth-order valence-corrected chi connectivity index (χ4v) is 2.44. The number of rotatable bonds is 12. The third-order valence-corrected chi connectivity index (χ3v) is 4.04. The number of aliphatic hydroxyl groups is 1. The number of hydrogen-bond acceptors (Lipinski definition) is 6. The molecule has 0 radical (unpaired) electrons. The van der Waals surface area contributed by atoms with Crippen LogP contribution in [0.5, 0.6) is 17.2 Å². The summed E-state index contributed by atoms with van der Waals surface area (Å²) in [5.74, 6) is 1.62. The molecule has 1 rings (SSSR count). The molecule has 1 aromatic carbocycles. The lowest BCUT2D eigenvalue weighted by molar-refractivity contribution is -0.269. The van der Waals surface area contributed by atoms with Gasteiger partial charge in [-0.05, 0) is 56.0 Å². The van der Waals surface area contributed by atoms with Crippen LogP contribution in [0.25, 0.3) is 6.08 Å². The van der Waals surface area contributed by atoms with E-state index in [9.17, 15) is 0 Å². The number of hydrogen-bond donors (Lipinski definition) is 2. The second-order valence-corrected chi connectivity index (χ2v) is 6.18. The van der Waals surface area contributed by atoms with E-state index in [1.807, 2.05) is 32.1 Å². The monoisotopic (exact) mass is 378 g/mol. The Kier molecular flexibility index (Phi) is 10.3. The lowest BCUT2D eigenvalue weighted by atomic mass is 10.0. The average molecular weight is 378 g/mol. The van der Waals surface area contributed by atoms with Crippen LogP contribution in [-0.2, 0) is 4.89 Å². The number of benzene rings is 1. The van der Waals surface area contributed by atoms with Gasteiger partial charge in [-0.3, -0.25) is 5.26 Å². The van der Waals surface area contributed by atoms with Crippen LogP contribution in [0.1, 0.15) is 32.3 Å². The van der Waals surface area contributed by atoms with E-state index in [4.69, 9.17) is 24.6 Å². The molecule has 0 spiro atoms. The Labute approximate surface area is 161 Å². The highest BCUT2D eigenvalue weighted by Crippen LogP contribution is 2.39. The summed E-state index contributed by atoms with van der Waals surface area (Å²) < 4.78 is 16.7. The fourth-order valence-electron chi connectivity index (χ4n) is 2.44. The maximum absolute atomic E-state index is 8.92. The molecular formula is C21H30O6. The molecule has 0 bridgehead atoms. The van der Waals surface area contributed by atoms with Gasteiger partial charge in [0.1, 0.15) is 12.7 Å². The van der Waals surface area contributed by atoms with E-state index in [1.54, 1.807) is 26.4 Å². The van der Waals surface area contributed by atoms with Crippen molar-refractivity contribution in [3.8, 4) is 17.2 Å². The molecular weight excluding hydrogens is 348 g/mol. The third kappa shape index (κ3) is 7.46. The van der Waals surface area contributed by atoms with Gasteiger partial charge in [-0.1, -0.05) is 24.3 Å². The second kappa shape index (κ2) is 12.2. The summed E-state index contributed by atoms with van der Waals surface area (Å²) in [4.78, 5) is 4.42. The topological polar surface area (TPSA) is 77.4 Å². The van der Waals surface area contributed by atoms with Crippen LogP contribution in [0.15, 0.2) is 42.0 Å². The molecule has 1 aromatic rings. The molecule has 0 aliphatic heterocycles. The van der Waals surface area contributed by atoms with Crippen molar-refractivity contribution in [1.29, 1.82) is 0 Å². The van der Waals surface area contributed by atoms with Gasteiger partial charge in [-0.2, -0.15) is 0 Å². The minimum absolute atomic E-state index is 0.0412. The summed E-state index contributed by atoms with van der Waals surface area (Å²) in [6, 6.07) is 3.63. The minimum Gasteiger partial charge on any atom is -0.493 e. The van der Waals surface area contributed by atoms with Crippen molar-refractivity contribution in [3.05, 3.63) is 47.6 Å². The van der Waals surface area contributed by atoms with Gasteiger partial charge >= 0.3 is 0 Å². The van der Waals surface area contributed by atoms with Crippen molar-refractivity contribution < 1.29 is 29.5 Å². The number of aliphatic hydroxyl groups excluding tert-OH is 1. The van der Waals surface area contributed by atoms with Crippen LogP contribution >= 0.6 is 0 Å². The molecule has 0 amide bonds. The highest BCUT2D eigenvalue weighted by molar-refractivity contribution is 5.62. The van der Waals surface area contributed by atoms with Gasteiger partial charge in [-0.15, -0.1) is 0 Å². The zero-order valence-electron chi connectivity index (χ0n) is 16.5. The summed E-state index contributed by atoms with van der Waals surface area (Å²) >= 11 is 0. The molecule has 0 aromatic heterocycles. The molecule has 150 valence electrons. The lowest BCUT2D eigenvalue weighted by Gasteiger charge is -2.15. The van der Waals surface area contributed by atoms with Gasteiger partial charge < -0.3 is 19.3 Å². The van der Waals surface area contributed by atoms with Gasteiger partial charge in [0.25, 0.3) is 0 Å². The van der Waals surface area contributed by atoms with E-state index in [-0.39, 0.29) is 12.7 Å². The zero-order chi connectivity index (χ0) is 20.2. The molecule has 2 N–H and O–H groups in total. The summed E-state index contributed by atoms with van der Waals surface area (Å²) in [5.41, 5.74) is 2.73. The summed E-state index contributed by atoms with van der Waals surface area (Å²) in [6.07, 6.45) is 6.41. The van der Waals surface area contributed by atoms with Crippen molar-refractivity contribution in [2.24, 2.45) is 0 Å². The molecule has 0 saturated carbocycles. The van der Waals surface area contributed by atoms with Crippen LogP contribution in [0.3, 0.4) is 0 Å². The van der Waals surface area contributed by atoms with E-state index < -0.39 is 0 Å². The molecule has 6 nitrogen and oxygen atoms in total. The average Bonchev–Trinajstić information content (AvgIpc) is 2.66. The third-order valence-electron chi connectivity index (χ3n) is 4.04. The van der Waals surface area contributed by atoms with Crippen LogP contribution in [0.2, 0.25) is 0 Å². The van der Waals surface area contributed by atoms with Gasteiger partial charge in [0.05, 0.1) is 20.8 Å². The molecule has 0 fully saturated rings. The number of ether oxygens (including phenoxy) is 3. The molecule has 0 aliphatic carbocycles. The predicted molar refractivity (Wildman–Crippen MR) is 106 cm³/mol. The van der Waals surface area contributed by atoms with Crippen LogP contribution in [-0.4, -0.2) is 43.9 Å². The summed E-state index contributed by atoms with van der Waals surface area (Å²) in [6.45, 7) is 7.92. The Morgan fingerprint density at radius 3 is 2.30 bits per heavy atom. The highest BCUT2D eigenvalue weighted by Gasteiger charge is 2.13. The fraction of sp³-hybridized carbons (Fsp3) is 0.429. The minimum atomic E-state index is -0.367. The Bertz CT molecular complexity index is 638. The van der Waals surface area contributed by atoms with Gasteiger partial charge in [0, 0.05) is 0 Å². The summed E-state index contributed by atoms with van der Waals surface area (Å²) in [5, 5.41) is 17.8. The molecule has 0 saturated heterocycles. The Hall–Kier alpha value is -2.28. The normalized spacial score (nSPS) is 12.9. The van der Waals surface area contributed by atoms with Gasteiger partial charge in [0.15, 0.2) is 11.5 Å². The number of allylic oxidation sites excluding steroid dienone is 1. The molecule has 1 atom stereocenters. The predicted octanol–water partition coefficient (Wildman–Crippen LogP) is 4.25. The van der Waals surface area contributed by atoms with Crippen molar-refractivity contribution in [2.75, 3.05) is 27.4 Å². The maximum Gasteiger partial charge on any atom is 0.203 e. The summed E-state index contributed by atoms with van der Waals surface area (Å²) in [7, 11) is 3.13. The van der Waals surface area contributed by atoms with Crippen molar-refractivity contribution in [3.63, 3.8) is 0 Å². The Morgan fingerprint density at radius 1 is 1.19 bits per heavy atom. The van der Waals surface area contributed by atoms with Crippen LogP contribution < -0.4 is 14.2 Å². The van der Waals surface area contributed by atoms with Crippen LogP contribution in [0, 0.1) is 0 Å². The zero-order valence-corrected chi connectivity index (χ0v) is 16.5. The second-order valence-electron chi connectivity index (χ2n) is 6.18. The molecule has 0 aliphatic rings. The quantitative estimate of drug-likeness (QED) is 0.322. The smallest absolute Gasteiger partial charge is 0.203 e. The van der Waals surface area contributed by atoms with Gasteiger partial charge in [-0.25, -0.2) is 4.89 Å². The van der Waals surface area contributed by atoms with E-state index in [2.05, 4.69) is 11.5 Å². The maximum atomic E-state index is 8.92. The Balaban J connectivity index is 2.80. The standard InChI is InChI=1S/C21H30O6/c1-15(2)18(27-23)9-8-16(3)10-12-26-21-19(24-4)13-17(7-6-11-22)14-20(21)25-5/h6-7,10,13-14,18,22-23H,1,8-9,11-12H2,2-5H3. The molecule has 6 heteroatoms. The first-order chi connectivity index (χ1) is 13.0. The Morgan fingerprint density at radius 2 is 1.81 bits per heavy atom. The first-order valence-corrected chi connectivity index (χ1v) is 8.74. The van der Waals surface area contributed by atoms with Crippen LogP contribution in [0.4, 0.5) is 0 Å². The molecule has 0 heterocycles. The van der Waals surface area contributed by atoms with Crippen molar-refractivity contribution in [1.82, 2.24) is 0 Å². The van der Waals surface area contributed by atoms with Crippen molar-refractivity contribution in [2.45, 2.75) is 32.8 Å². The van der Waals surface area contributed by atoms with E-state index in [0.717, 1.165) is 23.1 Å². The largest absolute Gasteiger partial charge is 0.493 e. The SMILES string of the molecule is C=C(C)C(CCC(C)=CCOc1c(OC)cc(C=CCO)cc1OC)OO.